The van der Waals surface area contributed by atoms with Crippen molar-refractivity contribution in [3.63, 3.8) is 0 Å². The van der Waals surface area contributed by atoms with Crippen molar-refractivity contribution in [1.29, 1.82) is 5.26 Å². The van der Waals surface area contributed by atoms with E-state index < -0.39 is 0 Å². The highest BCUT2D eigenvalue weighted by molar-refractivity contribution is 5.73. The lowest BCUT2D eigenvalue weighted by atomic mass is 10.2. The summed E-state index contributed by atoms with van der Waals surface area (Å²) in [4.78, 5) is 26.3. The van der Waals surface area contributed by atoms with Crippen LogP contribution in [0.15, 0.2) is 65.8 Å². The molecule has 0 atom stereocenters. The predicted octanol–water partition coefficient (Wildman–Crippen LogP) is 2.36. The summed E-state index contributed by atoms with van der Waals surface area (Å²) in [6.07, 6.45) is 5.02. The van der Waals surface area contributed by atoms with Crippen molar-refractivity contribution in [1.82, 2.24) is 28.5 Å². The van der Waals surface area contributed by atoms with Gasteiger partial charge in [0.1, 0.15) is 22.9 Å². The van der Waals surface area contributed by atoms with Crippen molar-refractivity contribution >= 4 is 16.8 Å². The number of fused-ring (bicyclic) bond motifs is 2. The highest BCUT2D eigenvalue weighted by Crippen LogP contribution is 2.20. The molecule has 140 valence electrons. The number of benzene rings is 1. The quantitative estimate of drug-likeness (QED) is 0.478. The summed E-state index contributed by atoms with van der Waals surface area (Å²) in [5.41, 5.74) is 3.92. The van der Waals surface area contributed by atoms with Crippen LogP contribution in [0.3, 0.4) is 0 Å². The van der Waals surface area contributed by atoms with E-state index in [0.29, 0.717) is 40.4 Å². The van der Waals surface area contributed by atoms with Crippen LogP contribution in [0.5, 0.6) is 0 Å². The summed E-state index contributed by atoms with van der Waals surface area (Å²) in [5.74, 6) is 0.438. The van der Waals surface area contributed by atoms with Crippen molar-refractivity contribution in [2.45, 2.75) is 6.54 Å². The molecule has 5 rings (SSSR count). The molecule has 29 heavy (non-hydrogen) atoms. The minimum absolute atomic E-state index is 0.153. The number of pyridine rings is 1. The lowest BCUT2D eigenvalue weighted by molar-refractivity contribution is 0.731. The van der Waals surface area contributed by atoms with E-state index >= 15 is 0 Å². The van der Waals surface area contributed by atoms with E-state index in [-0.39, 0.29) is 5.69 Å². The van der Waals surface area contributed by atoms with Crippen LogP contribution in [0.1, 0.15) is 11.1 Å². The van der Waals surface area contributed by atoms with E-state index in [1.165, 1.54) is 0 Å². The minimum Gasteiger partial charge on any atom is -0.296 e. The van der Waals surface area contributed by atoms with Gasteiger partial charge >= 0.3 is 5.69 Å². The van der Waals surface area contributed by atoms with Crippen LogP contribution >= 0.6 is 0 Å². The smallest absolute Gasteiger partial charge is 0.296 e. The zero-order valence-corrected chi connectivity index (χ0v) is 15.5. The molecule has 5 aromatic rings. The van der Waals surface area contributed by atoms with Crippen molar-refractivity contribution in [2.75, 3.05) is 0 Å². The van der Waals surface area contributed by atoms with Gasteiger partial charge in [0.2, 0.25) is 0 Å². The van der Waals surface area contributed by atoms with Gasteiger partial charge in [-0.3, -0.25) is 13.5 Å². The molecule has 4 heterocycles. The van der Waals surface area contributed by atoms with E-state index in [2.05, 4.69) is 21.0 Å². The summed E-state index contributed by atoms with van der Waals surface area (Å²) in [6.45, 7) is 0.416. The van der Waals surface area contributed by atoms with E-state index in [0.717, 1.165) is 5.56 Å². The molecule has 4 aromatic heterocycles. The Hall–Kier alpha value is -4.25. The first-order valence-corrected chi connectivity index (χ1v) is 8.99. The third-order valence-corrected chi connectivity index (χ3v) is 4.93. The molecule has 0 aliphatic heterocycles. The van der Waals surface area contributed by atoms with Crippen molar-refractivity contribution in [3.8, 4) is 17.6 Å². The second-order valence-corrected chi connectivity index (χ2v) is 6.72. The number of aromatic nitrogens is 6. The van der Waals surface area contributed by atoms with Crippen LogP contribution in [0.25, 0.3) is 28.3 Å². The number of hydrogen-bond acceptors (Lipinski definition) is 5. The summed E-state index contributed by atoms with van der Waals surface area (Å²) >= 11 is 0. The Morgan fingerprint density at radius 2 is 1.90 bits per heavy atom. The fourth-order valence-electron chi connectivity index (χ4n) is 3.42. The predicted molar refractivity (Wildman–Crippen MR) is 107 cm³/mol. The van der Waals surface area contributed by atoms with Gasteiger partial charge in [-0.15, -0.1) is 0 Å². The maximum Gasteiger partial charge on any atom is 0.330 e. The van der Waals surface area contributed by atoms with Crippen molar-refractivity contribution < 1.29 is 0 Å². The highest BCUT2D eigenvalue weighted by Gasteiger charge is 2.16. The van der Waals surface area contributed by atoms with E-state index in [4.69, 9.17) is 0 Å². The molecular weight excluding hydrogens is 366 g/mol. The monoisotopic (exact) mass is 381 g/mol. The molecule has 0 N–H and O–H groups in total. The molecule has 0 saturated heterocycles. The molecule has 0 unspecified atom stereocenters. The summed E-state index contributed by atoms with van der Waals surface area (Å²) in [6, 6.07) is 15.4. The summed E-state index contributed by atoms with van der Waals surface area (Å²) in [7, 11) is 1.71. The Bertz CT molecular complexity index is 1470. The first kappa shape index (κ1) is 16.9. The first-order valence-electron chi connectivity index (χ1n) is 8.99. The molecule has 0 aliphatic rings. The summed E-state index contributed by atoms with van der Waals surface area (Å²) < 4.78 is 4.96. The average molecular weight is 381 g/mol. The molecule has 8 heteroatoms. The van der Waals surface area contributed by atoms with Gasteiger partial charge in [-0.05, 0) is 17.7 Å². The molecule has 0 bridgehead atoms. The van der Waals surface area contributed by atoms with E-state index in [9.17, 15) is 10.1 Å². The van der Waals surface area contributed by atoms with Crippen LogP contribution in [0, 0.1) is 11.3 Å². The number of nitrogens with zero attached hydrogens (tertiary/aromatic N) is 7. The molecule has 0 fully saturated rings. The van der Waals surface area contributed by atoms with Gasteiger partial charge in [-0.2, -0.15) is 5.26 Å². The number of aryl methyl sites for hydroxylation is 1. The molecule has 0 spiro atoms. The Morgan fingerprint density at radius 1 is 1.07 bits per heavy atom. The van der Waals surface area contributed by atoms with Gasteiger partial charge in [0.05, 0.1) is 24.5 Å². The van der Waals surface area contributed by atoms with Crippen LogP contribution in [0.2, 0.25) is 0 Å². The van der Waals surface area contributed by atoms with Gasteiger partial charge in [0, 0.05) is 13.2 Å². The number of imidazole rings is 2. The van der Waals surface area contributed by atoms with Crippen LogP contribution in [-0.2, 0) is 13.6 Å². The lowest BCUT2D eigenvalue weighted by Gasteiger charge is -2.05. The standard InChI is InChI=1S/C21H15N7O/c1-26-17-11-24-19(16-10-23-18-8-7-15(9-22)13-27(16)18)25-20(17)28(21(26)29)12-14-5-3-2-4-6-14/h2-8,10-11,13H,12H2,1H3. The summed E-state index contributed by atoms with van der Waals surface area (Å²) in [5, 5.41) is 9.19. The molecule has 0 saturated carbocycles. The fourth-order valence-corrected chi connectivity index (χ4v) is 3.42. The Balaban J connectivity index is 1.70. The SMILES string of the molecule is Cn1c(=O)n(Cc2ccccc2)c2nc(-c3cnc4ccc(C#N)cn34)ncc21. The molecule has 1 aromatic carbocycles. The van der Waals surface area contributed by atoms with Crippen LogP contribution in [0.4, 0.5) is 0 Å². The maximum absolute atomic E-state index is 12.8. The van der Waals surface area contributed by atoms with E-state index in [1.807, 2.05) is 30.3 Å². The first-order chi connectivity index (χ1) is 14.2. The van der Waals surface area contributed by atoms with Gasteiger partial charge in [-0.25, -0.2) is 19.7 Å². The molecule has 0 aliphatic carbocycles. The second kappa shape index (κ2) is 6.42. The largest absolute Gasteiger partial charge is 0.330 e. The Kier molecular flexibility index (Phi) is 3.74. The second-order valence-electron chi connectivity index (χ2n) is 6.72. The topological polar surface area (TPSA) is 93.8 Å². The van der Waals surface area contributed by atoms with Crippen LogP contribution in [-0.4, -0.2) is 28.5 Å². The number of rotatable bonds is 3. The maximum atomic E-state index is 12.8. The Labute approximate surface area is 165 Å². The number of hydrogen-bond donors (Lipinski definition) is 0. The Morgan fingerprint density at radius 3 is 2.69 bits per heavy atom. The van der Waals surface area contributed by atoms with E-state index in [1.54, 1.807) is 51.3 Å². The lowest BCUT2D eigenvalue weighted by Crippen LogP contribution is -2.22. The fraction of sp³-hybridized carbons (Fsp3) is 0.0952. The zero-order chi connectivity index (χ0) is 20.0. The highest BCUT2D eigenvalue weighted by atomic mass is 16.1. The third-order valence-electron chi connectivity index (χ3n) is 4.93. The molecule has 0 radical (unpaired) electrons. The molecule has 8 nitrogen and oxygen atoms in total. The molecular formula is C21H15N7O. The zero-order valence-electron chi connectivity index (χ0n) is 15.5. The minimum atomic E-state index is -0.153. The van der Waals surface area contributed by atoms with Gasteiger partial charge in [-0.1, -0.05) is 30.3 Å². The number of nitriles is 1. The van der Waals surface area contributed by atoms with Crippen molar-refractivity contribution in [3.05, 3.63) is 82.7 Å². The van der Waals surface area contributed by atoms with Crippen molar-refractivity contribution in [2.24, 2.45) is 7.05 Å². The average Bonchev–Trinajstić information content (AvgIpc) is 3.28. The van der Waals surface area contributed by atoms with Gasteiger partial charge < -0.3 is 0 Å². The molecule has 0 amide bonds. The van der Waals surface area contributed by atoms with Crippen LogP contribution < -0.4 is 5.69 Å². The van der Waals surface area contributed by atoms with Gasteiger partial charge in [0.15, 0.2) is 11.5 Å². The van der Waals surface area contributed by atoms with Gasteiger partial charge in [0.25, 0.3) is 0 Å². The normalized spacial score (nSPS) is 11.2. The third kappa shape index (κ3) is 2.68.